The third kappa shape index (κ3) is 3.95. The summed E-state index contributed by atoms with van der Waals surface area (Å²) < 4.78 is 0. The van der Waals surface area contributed by atoms with E-state index in [9.17, 15) is 5.11 Å². The first-order valence-electron chi connectivity index (χ1n) is 7.17. The van der Waals surface area contributed by atoms with E-state index in [4.69, 9.17) is 0 Å². The number of nitrogens with one attached hydrogen (secondary N) is 1. The Bertz CT molecular complexity index is 417. The molecule has 1 atom stereocenters. The summed E-state index contributed by atoms with van der Waals surface area (Å²) in [6, 6.07) is 8.97. The van der Waals surface area contributed by atoms with Crippen LogP contribution in [0, 0.1) is 12.3 Å². The monoisotopic (exact) mass is 298 g/mol. The average Bonchev–Trinajstić information content (AvgIpc) is 2.40. The first-order valence-corrected chi connectivity index (χ1v) is 7.17. The van der Waals surface area contributed by atoms with Crippen molar-refractivity contribution in [2.24, 2.45) is 5.41 Å². The second-order valence-electron chi connectivity index (χ2n) is 6.25. The van der Waals surface area contributed by atoms with Crippen molar-refractivity contribution in [2.45, 2.75) is 26.8 Å². The van der Waals surface area contributed by atoms with Crippen molar-refractivity contribution in [1.82, 2.24) is 10.2 Å². The fourth-order valence-electron chi connectivity index (χ4n) is 3.02. The number of aliphatic hydroxyl groups excluding tert-OH is 1. The summed E-state index contributed by atoms with van der Waals surface area (Å²) in [6.45, 7) is 10.8. The van der Waals surface area contributed by atoms with Crippen LogP contribution in [0.2, 0.25) is 0 Å². The lowest BCUT2D eigenvalue weighted by Gasteiger charge is -2.43. The highest BCUT2D eigenvalue weighted by molar-refractivity contribution is 5.85. The van der Waals surface area contributed by atoms with Crippen LogP contribution in [0.25, 0.3) is 0 Å². The van der Waals surface area contributed by atoms with Crippen LogP contribution >= 0.6 is 12.4 Å². The van der Waals surface area contributed by atoms with Crippen molar-refractivity contribution in [3.63, 3.8) is 0 Å². The van der Waals surface area contributed by atoms with Crippen LogP contribution in [-0.4, -0.2) is 42.8 Å². The molecule has 0 aromatic heterocycles. The molecule has 1 aromatic rings. The van der Waals surface area contributed by atoms with Gasteiger partial charge in [-0.05, 0) is 12.5 Å². The van der Waals surface area contributed by atoms with Gasteiger partial charge in [0.1, 0.15) is 0 Å². The number of benzene rings is 1. The average molecular weight is 299 g/mol. The molecule has 114 valence electrons. The number of hydrogen-bond donors (Lipinski definition) is 2. The quantitative estimate of drug-likeness (QED) is 0.896. The zero-order chi connectivity index (χ0) is 13.9. The molecule has 0 unspecified atom stereocenters. The summed E-state index contributed by atoms with van der Waals surface area (Å²) in [4.78, 5) is 2.50. The van der Waals surface area contributed by atoms with Crippen molar-refractivity contribution >= 4 is 12.4 Å². The molecule has 3 nitrogen and oxygen atoms in total. The van der Waals surface area contributed by atoms with E-state index in [1.54, 1.807) is 0 Å². The molecule has 1 aliphatic heterocycles. The number of aliphatic hydroxyl groups is 1. The molecule has 0 saturated carbocycles. The standard InChI is InChI=1S/C16H26N2O.ClH/c1-13-5-4-6-14(11-13)15(16(2,3)12-19)18-9-7-17-8-10-18;/h4-6,11,15,17,19H,7-10,12H2,1-3H3;1H/t15-;/m0./s1. The largest absolute Gasteiger partial charge is 0.396 e. The predicted octanol–water partition coefficient (Wildman–Crippen LogP) is 2.38. The van der Waals surface area contributed by atoms with Crippen molar-refractivity contribution in [2.75, 3.05) is 32.8 Å². The van der Waals surface area contributed by atoms with E-state index in [0.717, 1.165) is 26.2 Å². The van der Waals surface area contributed by atoms with E-state index >= 15 is 0 Å². The van der Waals surface area contributed by atoms with E-state index in [-0.39, 0.29) is 30.5 Å². The van der Waals surface area contributed by atoms with E-state index in [1.807, 2.05) is 0 Å². The van der Waals surface area contributed by atoms with Gasteiger partial charge in [-0.3, -0.25) is 4.90 Å². The van der Waals surface area contributed by atoms with Gasteiger partial charge in [-0.15, -0.1) is 12.4 Å². The summed E-state index contributed by atoms with van der Waals surface area (Å²) in [6.07, 6.45) is 0. The molecule has 4 heteroatoms. The summed E-state index contributed by atoms with van der Waals surface area (Å²) in [5, 5.41) is 13.2. The SMILES string of the molecule is Cc1cccc([C@H](N2CCNCC2)C(C)(C)CO)c1.Cl. The van der Waals surface area contributed by atoms with Gasteiger partial charge in [0.2, 0.25) is 0 Å². The molecule has 0 bridgehead atoms. The van der Waals surface area contributed by atoms with Gasteiger partial charge in [-0.1, -0.05) is 43.7 Å². The summed E-state index contributed by atoms with van der Waals surface area (Å²) >= 11 is 0. The zero-order valence-corrected chi connectivity index (χ0v) is 13.5. The van der Waals surface area contributed by atoms with Crippen LogP contribution in [0.15, 0.2) is 24.3 Å². The number of halogens is 1. The fraction of sp³-hybridized carbons (Fsp3) is 0.625. The van der Waals surface area contributed by atoms with Crippen LogP contribution in [0.1, 0.15) is 31.0 Å². The summed E-state index contributed by atoms with van der Waals surface area (Å²) in [5.41, 5.74) is 2.47. The van der Waals surface area contributed by atoms with Crippen LogP contribution < -0.4 is 5.32 Å². The molecular formula is C16H27ClN2O. The molecule has 1 heterocycles. The predicted molar refractivity (Wildman–Crippen MR) is 86.5 cm³/mol. The lowest BCUT2D eigenvalue weighted by Crippen LogP contribution is -2.49. The van der Waals surface area contributed by atoms with Crippen molar-refractivity contribution < 1.29 is 5.11 Å². The van der Waals surface area contributed by atoms with Crippen LogP contribution in [0.5, 0.6) is 0 Å². The normalized spacial score (nSPS) is 18.4. The number of piperazine rings is 1. The van der Waals surface area contributed by atoms with E-state index in [0.29, 0.717) is 0 Å². The molecule has 2 rings (SSSR count). The third-order valence-corrected chi connectivity index (χ3v) is 4.02. The van der Waals surface area contributed by atoms with Gasteiger partial charge < -0.3 is 10.4 Å². The van der Waals surface area contributed by atoms with Crippen molar-refractivity contribution in [1.29, 1.82) is 0 Å². The fourth-order valence-corrected chi connectivity index (χ4v) is 3.02. The van der Waals surface area contributed by atoms with Crippen molar-refractivity contribution in [3.8, 4) is 0 Å². The van der Waals surface area contributed by atoms with E-state index in [2.05, 4.69) is 55.3 Å². The maximum Gasteiger partial charge on any atom is 0.0500 e. The van der Waals surface area contributed by atoms with Crippen molar-refractivity contribution in [3.05, 3.63) is 35.4 Å². The molecule has 1 aromatic carbocycles. The van der Waals surface area contributed by atoms with Gasteiger partial charge in [0, 0.05) is 44.2 Å². The second-order valence-corrected chi connectivity index (χ2v) is 6.25. The number of rotatable bonds is 4. The minimum absolute atomic E-state index is 0. The van der Waals surface area contributed by atoms with Gasteiger partial charge in [0.15, 0.2) is 0 Å². The zero-order valence-electron chi connectivity index (χ0n) is 12.7. The Labute approximate surface area is 128 Å². The molecule has 0 aliphatic carbocycles. The van der Waals surface area contributed by atoms with Gasteiger partial charge in [0.05, 0.1) is 0 Å². The number of aryl methyl sites for hydroxylation is 1. The van der Waals surface area contributed by atoms with E-state index < -0.39 is 0 Å². The third-order valence-electron chi connectivity index (χ3n) is 4.02. The molecule has 2 N–H and O–H groups in total. The van der Waals surface area contributed by atoms with Crippen LogP contribution in [0.4, 0.5) is 0 Å². The molecule has 0 radical (unpaired) electrons. The minimum Gasteiger partial charge on any atom is -0.396 e. The summed E-state index contributed by atoms with van der Waals surface area (Å²) in [7, 11) is 0. The first-order chi connectivity index (χ1) is 9.04. The molecule has 1 fully saturated rings. The van der Waals surface area contributed by atoms with Crippen LogP contribution in [0.3, 0.4) is 0 Å². The highest BCUT2D eigenvalue weighted by Crippen LogP contribution is 2.38. The first kappa shape index (κ1) is 17.4. The van der Waals surface area contributed by atoms with E-state index in [1.165, 1.54) is 11.1 Å². The second kappa shape index (κ2) is 7.41. The van der Waals surface area contributed by atoms with Gasteiger partial charge in [0.25, 0.3) is 0 Å². The lowest BCUT2D eigenvalue weighted by atomic mass is 9.79. The Morgan fingerprint density at radius 1 is 1.30 bits per heavy atom. The lowest BCUT2D eigenvalue weighted by molar-refractivity contribution is 0.0305. The molecular weight excluding hydrogens is 272 g/mol. The Balaban J connectivity index is 0.00000200. The Kier molecular flexibility index (Phi) is 6.46. The molecule has 1 saturated heterocycles. The molecule has 0 spiro atoms. The molecule has 20 heavy (non-hydrogen) atoms. The highest BCUT2D eigenvalue weighted by Gasteiger charge is 2.35. The Morgan fingerprint density at radius 3 is 2.50 bits per heavy atom. The van der Waals surface area contributed by atoms with Crippen LogP contribution in [-0.2, 0) is 0 Å². The minimum atomic E-state index is -0.134. The van der Waals surface area contributed by atoms with Gasteiger partial charge in [-0.2, -0.15) is 0 Å². The molecule has 1 aliphatic rings. The maximum absolute atomic E-state index is 9.78. The maximum atomic E-state index is 9.78. The topological polar surface area (TPSA) is 35.5 Å². The smallest absolute Gasteiger partial charge is 0.0500 e. The Morgan fingerprint density at radius 2 is 1.95 bits per heavy atom. The number of nitrogens with zero attached hydrogens (tertiary/aromatic N) is 1. The highest BCUT2D eigenvalue weighted by atomic mass is 35.5. The van der Waals surface area contributed by atoms with Gasteiger partial charge >= 0.3 is 0 Å². The Hall–Kier alpha value is -0.610. The number of hydrogen-bond acceptors (Lipinski definition) is 3. The van der Waals surface area contributed by atoms with Gasteiger partial charge in [-0.25, -0.2) is 0 Å². The summed E-state index contributed by atoms with van der Waals surface area (Å²) in [5.74, 6) is 0. The molecule has 0 amide bonds.